The Balaban J connectivity index is 2.20. The number of aromatic hydroxyl groups is 1. The van der Waals surface area contributed by atoms with Gasteiger partial charge in [0.15, 0.2) is 11.5 Å². The second-order valence-corrected chi connectivity index (χ2v) is 4.66. The lowest BCUT2D eigenvalue weighted by Gasteiger charge is -2.02. The van der Waals surface area contributed by atoms with Gasteiger partial charge in [-0.05, 0) is 29.8 Å². The molecule has 0 fully saturated rings. The molecular formula is C15H12ClNO3. The van der Waals surface area contributed by atoms with Gasteiger partial charge in [0.2, 0.25) is 11.6 Å². The van der Waals surface area contributed by atoms with E-state index in [0.29, 0.717) is 22.2 Å². The van der Waals surface area contributed by atoms with Crippen molar-refractivity contribution in [1.29, 1.82) is 0 Å². The van der Waals surface area contributed by atoms with Crippen LogP contribution in [0, 0.1) is 0 Å². The molecule has 4 nitrogen and oxygen atoms in total. The second-order valence-electron chi connectivity index (χ2n) is 4.22. The Bertz CT molecular complexity index is 732. The summed E-state index contributed by atoms with van der Waals surface area (Å²) in [6.45, 7) is 0. The second kappa shape index (κ2) is 4.98. The molecule has 0 aliphatic heterocycles. The molecule has 0 unspecified atom stereocenters. The van der Waals surface area contributed by atoms with E-state index in [-0.39, 0.29) is 11.5 Å². The number of hydrogen-bond acceptors (Lipinski definition) is 4. The fraction of sp³-hybridized carbons (Fsp3) is 0.0667. The van der Waals surface area contributed by atoms with Crippen LogP contribution in [-0.4, -0.2) is 12.2 Å². The van der Waals surface area contributed by atoms with Crippen LogP contribution in [0.25, 0.3) is 22.6 Å². The molecule has 0 radical (unpaired) electrons. The van der Waals surface area contributed by atoms with Gasteiger partial charge in [-0.15, -0.1) is 0 Å². The fourth-order valence-electron chi connectivity index (χ4n) is 2.09. The summed E-state index contributed by atoms with van der Waals surface area (Å²) >= 11 is 6.00. The van der Waals surface area contributed by atoms with Crippen molar-refractivity contribution in [3.8, 4) is 28.4 Å². The lowest BCUT2D eigenvalue weighted by Crippen LogP contribution is -1.87. The largest absolute Gasteiger partial charge is 0.504 e. The van der Waals surface area contributed by atoms with Gasteiger partial charge in [-0.2, -0.15) is 0 Å². The average molecular weight is 290 g/mol. The summed E-state index contributed by atoms with van der Waals surface area (Å²) in [5.41, 5.74) is 1.32. The quantitative estimate of drug-likeness (QED) is 0.739. The van der Waals surface area contributed by atoms with Crippen LogP contribution in [0.15, 0.2) is 51.5 Å². The standard InChI is InChI=1S/C15H12ClNO3/c1-17-15-12(9-4-2-5-10(16)8-9)13(18)14(20-15)11-6-3-7-19-11/h2-8,17-18H,1H3. The number of furan rings is 2. The van der Waals surface area contributed by atoms with E-state index in [4.69, 9.17) is 20.4 Å². The Labute approximate surface area is 120 Å². The Morgan fingerprint density at radius 2 is 2.05 bits per heavy atom. The first-order valence-electron chi connectivity index (χ1n) is 6.04. The van der Waals surface area contributed by atoms with Crippen LogP contribution in [0.4, 0.5) is 5.88 Å². The normalized spacial score (nSPS) is 10.7. The van der Waals surface area contributed by atoms with Crippen LogP contribution >= 0.6 is 11.6 Å². The smallest absolute Gasteiger partial charge is 0.214 e. The van der Waals surface area contributed by atoms with Gasteiger partial charge in [-0.25, -0.2) is 0 Å². The molecule has 20 heavy (non-hydrogen) atoms. The highest BCUT2D eigenvalue weighted by Gasteiger charge is 2.23. The van der Waals surface area contributed by atoms with Crippen molar-refractivity contribution in [3.63, 3.8) is 0 Å². The number of rotatable bonds is 3. The van der Waals surface area contributed by atoms with Crippen LogP contribution in [0.3, 0.4) is 0 Å². The third-order valence-electron chi connectivity index (χ3n) is 2.97. The molecule has 0 aliphatic rings. The predicted octanol–water partition coefficient (Wildman–Crippen LogP) is 4.61. The monoisotopic (exact) mass is 289 g/mol. The molecule has 5 heteroatoms. The highest BCUT2D eigenvalue weighted by Crippen LogP contribution is 2.46. The third-order valence-corrected chi connectivity index (χ3v) is 3.20. The number of anilines is 1. The molecule has 0 bridgehead atoms. The molecule has 0 amide bonds. The zero-order chi connectivity index (χ0) is 14.1. The maximum absolute atomic E-state index is 10.4. The minimum absolute atomic E-state index is 0.0200. The van der Waals surface area contributed by atoms with Gasteiger partial charge < -0.3 is 19.3 Å². The lowest BCUT2D eigenvalue weighted by molar-refractivity contribution is 0.456. The van der Waals surface area contributed by atoms with Gasteiger partial charge in [0.05, 0.1) is 11.8 Å². The highest BCUT2D eigenvalue weighted by atomic mass is 35.5. The van der Waals surface area contributed by atoms with Crippen LogP contribution in [-0.2, 0) is 0 Å². The van der Waals surface area contributed by atoms with Gasteiger partial charge in [-0.3, -0.25) is 0 Å². The number of halogens is 1. The molecule has 3 aromatic rings. The summed E-state index contributed by atoms with van der Waals surface area (Å²) in [5.74, 6) is 1.23. The molecule has 3 rings (SSSR count). The van der Waals surface area contributed by atoms with E-state index < -0.39 is 0 Å². The molecule has 1 aromatic carbocycles. The minimum Gasteiger partial charge on any atom is -0.504 e. The van der Waals surface area contributed by atoms with Crippen LogP contribution in [0.5, 0.6) is 5.75 Å². The molecular weight excluding hydrogens is 278 g/mol. The highest BCUT2D eigenvalue weighted by molar-refractivity contribution is 6.30. The molecule has 0 atom stereocenters. The van der Waals surface area contributed by atoms with E-state index in [0.717, 1.165) is 5.56 Å². The Morgan fingerprint density at radius 3 is 2.70 bits per heavy atom. The summed E-state index contributed by atoms with van der Waals surface area (Å²) in [4.78, 5) is 0. The van der Waals surface area contributed by atoms with Crippen LogP contribution in [0.2, 0.25) is 5.02 Å². The summed E-state index contributed by atoms with van der Waals surface area (Å²) in [6, 6.07) is 10.7. The van der Waals surface area contributed by atoms with E-state index in [1.54, 1.807) is 31.3 Å². The van der Waals surface area contributed by atoms with Gasteiger partial charge in [-0.1, -0.05) is 23.7 Å². The number of hydrogen-bond donors (Lipinski definition) is 2. The molecule has 0 saturated carbocycles. The number of benzene rings is 1. The SMILES string of the molecule is CNc1oc(-c2ccco2)c(O)c1-c1cccc(Cl)c1. The van der Waals surface area contributed by atoms with E-state index in [2.05, 4.69) is 5.32 Å². The minimum atomic E-state index is 0.0200. The molecule has 102 valence electrons. The lowest BCUT2D eigenvalue weighted by atomic mass is 10.1. The first-order valence-corrected chi connectivity index (χ1v) is 6.42. The van der Waals surface area contributed by atoms with Crippen molar-refractivity contribution >= 4 is 17.5 Å². The topological polar surface area (TPSA) is 58.5 Å². The van der Waals surface area contributed by atoms with E-state index in [1.807, 2.05) is 12.1 Å². The molecule has 0 aliphatic carbocycles. The Kier molecular flexibility index (Phi) is 3.16. The molecule has 0 saturated heterocycles. The van der Waals surface area contributed by atoms with Crippen molar-refractivity contribution in [2.45, 2.75) is 0 Å². The summed E-state index contributed by atoms with van der Waals surface area (Å²) in [6.07, 6.45) is 1.52. The zero-order valence-electron chi connectivity index (χ0n) is 10.7. The van der Waals surface area contributed by atoms with Gasteiger partial charge in [0.25, 0.3) is 0 Å². The van der Waals surface area contributed by atoms with Crippen molar-refractivity contribution in [2.75, 3.05) is 12.4 Å². The maximum atomic E-state index is 10.4. The summed E-state index contributed by atoms with van der Waals surface area (Å²) in [7, 11) is 1.72. The van der Waals surface area contributed by atoms with Crippen molar-refractivity contribution < 1.29 is 13.9 Å². The van der Waals surface area contributed by atoms with Gasteiger partial charge in [0, 0.05) is 12.1 Å². The van der Waals surface area contributed by atoms with Crippen molar-refractivity contribution in [2.24, 2.45) is 0 Å². The Morgan fingerprint density at radius 1 is 1.20 bits per heavy atom. The Hall–Kier alpha value is -2.33. The van der Waals surface area contributed by atoms with Crippen molar-refractivity contribution in [3.05, 3.63) is 47.7 Å². The predicted molar refractivity (Wildman–Crippen MR) is 78.1 cm³/mol. The summed E-state index contributed by atoms with van der Waals surface area (Å²) < 4.78 is 10.9. The van der Waals surface area contributed by atoms with Crippen LogP contribution < -0.4 is 5.32 Å². The molecule has 2 heterocycles. The fourth-order valence-corrected chi connectivity index (χ4v) is 2.28. The van der Waals surface area contributed by atoms with E-state index in [1.165, 1.54) is 6.26 Å². The first kappa shape index (κ1) is 12.7. The summed E-state index contributed by atoms with van der Waals surface area (Å²) in [5, 5.41) is 13.9. The van der Waals surface area contributed by atoms with Crippen molar-refractivity contribution in [1.82, 2.24) is 0 Å². The first-order chi connectivity index (χ1) is 9.70. The van der Waals surface area contributed by atoms with E-state index in [9.17, 15) is 5.11 Å². The zero-order valence-corrected chi connectivity index (χ0v) is 11.4. The molecule has 2 aromatic heterocycles. The molecule has 2 N–H and O–H groups in total. The molecule has 0 spiro atoms. The van der Waals surface area contributed by atoms with E-state index >= 15 is 0 Å². The third kappa shape index (κ3) is 2.04. The number of nitrogens with one attached hydrogen (secondary N) is 1. The van der Waals surface area contributed by atoms with Gasteiger partial charge in [0.1, 0.15) is 0 Å². The maximum Gasteiger partial charge on any atom is 0.214 e. The van der Waals surface area contributed by atoms with Crippen LogP contribution in [0.1, 0.15) is 0 Å². The van der Waals surface area contributed by atoms with Gasteiger partial charge >= 0.3 is 0 Å². The average Bonchev–Trinajstić information content (AvgIpc) is 3.05.